The molecule has 0 spiro atoms. The lowest BCUT2D eigenvalue weighted by atomic mass is 10.1. The molecule has 1 aromatic carbocycles. The molecule has 0 aliphatic rings. The first-order valence-electron chi connectivity index (χ1n) is 6.40. The molecule has 25 heavy (non-hydrogen) atoms. The highest BCUT2D eigenvalue weighted by molar-refractivity contribution is 7.80. The van der Waals surface area contributed by atoms with Crippen molar-refractivity contribution in [2.24, 2.45) is 7.05 Å². The van der Waals surface area contributed by atoms with Crippen LogP contribution < -0.4 is 4.89 Å². The van der Waals surface area contributed by atoms with Gasteiger partial charge in [-0.25, -0.2) is 4.39 Å². The standard InChI is InChI=1S/C14H8Cl3F4NO2S/c1-5(25)23-24-9-3-6(8(18)4-7(9)15)10-11(16)12(14(19,20)21)22(2)13(10)17/h3-4H,1-2H3. The molecule has 0 atom stereocenters. The van der Waals surface area contributed by atoms with Crippen molar-refractivity contribution in [1.82, 2.24) is 4.57 Å². The van der Waals surface area contributed by atoms with Crippen LogP contribution in [0.4, 0.5) is 17.6 Å². The lowest BCUT2D eigenvalue weighted by Crippen LogP contribution is -2.11. The Kier molecular flexibility index (Phi) is 5.78. The largest absolute Gasteiger partial charge is 0.432 e. The van der Waals surface area contributed by atoms with Gasteiger partial charge in [0.1, 0.15) is 16.7 Å². The van der Waals surface area contributed by atoms with E-state index in [1.54, 1.807) is 0 Å². The molecular weight excluding hydrogens is 429 g/mol. The van der Waals surface area contributed by atoms with Crippen molar-refractivity contribution in [2.45, 2.75) is 13.1 Å². The maximum absolute atomic E-state index is 14.3. The predicted octanol–water partition coefficient (Wildman–Crippen LogP) is 6.47. The van der Waals surface area contributed by atoms with E-state index in [1.807, 2.05) is 0 Å². The Bertz CT molecular complexity index is 852. The molecule has 0 saturated carbocycles. The first kappa shape index (κ1) is 20.1. The second-order valence-electron chi connectivity index (χ2n) is 4.81. The molecule has 2 rings (SSSR count). The smallest absolute Gasteiger partial charge is 0.329 e. The average molecular weight is 437 g/mol. The minimum atomic E-state index is -4.78. The minimum Gasteiger partial charge on any atom is -0.329 e. The van der Waals surface area contributed by atoms with E-state index in [0.717, 1.165) is 19.2 Å². The normalized spacial score (nSPS) is 11.6. The Morgan fingerprint density at radius 2 is 1.80 bits per heavy atom. The average Bonchev–Trinajstić information content (AvgIpc) is 2.68. The van der Waals surface area contributed by atoms with E-state index in [2.05, 4.69) is 17.1 Å². The van der Waals surface area contributed by atoms with Crippen LogP contribution in [0.3, 0.4) is 0 Å². The molecule has 1 aromatic heterocycles. The maximum Gasteiger partial charge on any atom is 0.432 e. The van der Waals surface area contributed by atoms with Crippen LogP contribution in [-0.2, 0) is 18.1 Å². The van der Waals surface area contributed by atoms with Crippen molar-refractivity contribution < 1.29 is 27.3 Å². The van der Waals surface area contributed by atoms with Crippen LogP contribution in [0.15, 0.2) is 12.1 Å². The summed E-state index contributed by atoms with van der Waals surface area (Å²) < 4.78 is 54.3. The third-order valence-corrected chi connectivity index (χ3v) is 4.25. The quantitative estimate of drug-likeness (QED) is 0.238. The predicted molar refractivity (Wildman–Crippen MR) is 90.8 cm³/mol. The molecule has 0 bridgehead atoms. The monoisotopic (exact) mass is 435 g/mol. The first-order valence-corrected chi connectivity index (χ1v) is 7.94. The third kappa shape index (κ3) is 3.97. The fourth-order valence-electron chi connectivity index (χ4n) is 2.05. The molecule has 0 saturated heterocycles. The van der Waals surface area contributed by atoms with Crippen LogP contribution in [0.2, 0.25) is 15.2 Å². The van der Waals surface area contributed by atoms with Crippen molar-refractivity contribution in [3.63, 3.8) is 0 Å². The lowest BCUT2D eigenvalue weighted by molar-refractivity contribution is -0.142. The Labute approximate surface area is 159 Å². The van der Waals surface area contributed by atoms with Gasteiger partial charge in [0.05, 0.1) is 10.0 Å². The molecule has 3 nitrogen and oxygen atoms in total. The zero-order valence-corrected chi connectivity index (χ0v) is 15.6. The highest BCUT2D eigenvalue weighted by atomic mass is 35.5. The van der Waals surface area contributed by atoms with Gasteiger partial charge in [0.15, 0.2) is 5.75 Å². The number of benzene rings is 1. The fourth-order valence-corrected chi connectivity index (χ4v) is 3.02. The van der Waals surface area contributed by atoms with Crippen LogP contribution in [-0.4, -0.2) is 9.62 Å². The zero-order valence-electron chi connectivity index (χ0n) is 12.5. The van der Waals surface area contributed by atoms with Crippen molar-refractivity contribution in [1.29, 1.82) is 0 Å². The summed E-state index contributed by atoms with van der Waals surface area (Å²) in [6.45, 7) is 1.41. The Morgan fingerprint density at radius 1 is 1.20 bits per heavy atom. The summed E-state index contributed by atoms with van der Waals surface area (Å²) in [7, 11) is 1.06. The van der Waals surface area contributed by atoms with E-state index in [0.29, 0.717) is 4.57 Å². The van der Waals surface area contributed by atoms with Gasteiger partial charge in [0.2, 0.25) is 5.05 Å². The van der Waals surface area contributed by atoms with Gasteiger partial charge in [0.25, 0.3) is 0 Å². The molecule has 0 radical (unpaired) electrons. The van der Waals surface area contributed by atoms with Crippen molar-refractivity contribution in [3.05, 3.63) is 38.8 Å². The molecule has 2 aromatic rings. The van der Waals surface area contributed by atoms with Gasteiger partial charge in [-0.1, -0.05) is 34.8 Å². The van der Waals surface area contributed by atoms with E-state index < -0.39 is 27.9 Å². The SMILES string of the molecule is CC(=S)OOc1cc(-c2c(Cl)c(C(F)(F)F)n(C)c2Cl)c(F)cc1Cl. The van der Waals surface area contributed by atoms with Crippen LogP contribution in [0.25, 0.3) is 11.1 Å². The second kappa shape index (κ2) is 7.19. The van der Waals surface area contributed by atoms with E-state index >= 15 is 0 Å². The van der Waals surface area contributed by atoms with Gasteiger partial charge in [-0.3, -0.25) is 9.78 Å². The summed E-state index contributed by atoms with van der Waals surface area (Å²) in [6, 6.07) is 1.85. The Morgan fingerprint density at radius 3 is 2.28 bits per heavy atom. The summed E-state index contributed by atoms with van der Waals surface area (Å²) in [5, 5.41) is -1.33. The molecule has 0 amide bonds. The van der Waals surface area contributed by atoms with Gasteiger partial charge in [-0.2, -0.15) is 13.2 Å². The van der Waals surface area contributed by atoms with Crippen LogP contribution >= 0.6 is 47.0 Å². The number of hydrogen-bond donors (Lipinski definition) is 0. The van der Waals surface area contributed by atoms with E-state index in [9.17, 15) is 17.6 Å². The molecule has 0 unspecified atom stereocenters. The highest BCUT2D eigenvalue weighted by Gasteiger charge is 2.40. The van der Waals surface area contributed by atoms with Crippen molar-refractivity contribution in [2.75, 3.05) is 0 Å². The summed E-state index contributed by atoms with van der Waals surface area (Å²) in [5.74, 6) is -1.12. The molecule has 0 aliphatic heterocycles. The molecule has 0 N–H and O–H groups in total. The van der Waals surface area contributed by atoms with Crippen molar-refractivity contribution in [3.8, 4) is 16.9 Å². The number of rotatable bonds is 3. The van der Waals surface area contributed by atoms with E-state index in [4.69, 9.17) is 39.7 Å². The number of halogens is 7. The molecule has 11 heteroatoms. The first-order chi connectivity index (χ1) is 11.4. The van der Waals surface area contributed by atoms with Gasteiger partial charge < -0.3 is 4.57 Å². The third-order valence-electron chi connectivity index (χ3n) is 3.07. The number of nitrogens with zero attached hydrogens (tertiary/aromatic N) is 1. The van der Waals surface area contributed by atoms with E-state index in [-0.39, 0.29) is 26.9 Å². The van der Waals surface area contributed by atoms with Crippen molar-refractivity contribution >= 4 is 52.1 Å². The Balaban J connectivity index is 2.67. The van der Waals surface area contributed by atoms with Gasteiger partial charge in [0, 0.05) is 25.1 Å². The van der Waals surface area contributed by atoms with E-state index in [1.165, 1.54) is 6.92 Å². The molecular formula is C14H8Cl3F4NO2S. The minimum absolute atomic E-state index is 0.0112. The topological polar surface area (TPSA) is 23.4 Å². The summed E-state index contributed by atoms with van der Waals surface area (Å²) >= 11 is 22.2. The zero-order chi connectivity index (χ0) is 19.1. The highest BCUT2D eigenvalue weighted by Crippen LogP contribution is 2.47. The summed E-state index contributed by atoms with van der Waals surface area (Å²) in [6.07, 6.45) is -4.78. The molecule has 0 aliphatic carbocycles. The van der Waals surface area contributed by atoms with Crippen LogP contribution in [0.5, 0.6) is 5.75 Å². The second-order valence-corrected chi connectivity index (χ2v) is 6.52. The molecule has 136 valence electrons. The number of aromatic nitrogens is 1. The van der Waals surface area contributed by atoms with Gasteiger partial charge >= 0.3 is 6.18 Å². The number of hydrogen-bond acceptors (Lipinski definition) is 3. The Hall–Kier alpha value is -1.22. The summed E-state index contributed by atoms with van der Waals surface area (Å²) in [5.41, 5.74) is -1.90. The molecule has 1 heterocycles. The number of thiocarbonyl (C=S) groups is 1. The van der Waals surface area contributed by atoms with Crippen LogP contribution in [0, 0.1) is 5.82 Å². The van der Waals surface area contributed by atoms with Gasteiger partial charge in [-0.15, -0.1) is 0 Å². The number of alkyl halides is 3. The summed E-state index contributed by atoms with van der Waals surface area (Å²) in [4.78, 5) is 9.50. The maximum atomic E-state index is 14.3. The lowest BCUT2D eigenvalue weighted by Gasteiger charge is -2.10. The fraction of sp³-hybridized carbons (Fsp3) is 0.214. The molecule has 0 fully saturated rings. The van der Waals surface area contributed by atoms with Gasteiger partial charge in [-0.05, 0) is 24.4 Å². The van der Waals surface area contributed by atoms with Crippen LogP contribution in [0.1, 0.15) is 12.6 Å².